The first kappa shape index (κ1) is 11.0. The fraction of sp³-hybridized carbons (Fsp3) is 0.700. The molecule has 12 heavy (non-hydrogen) atoms. The quantitative estimate of drug-likeness (QED) is 0.590. The summed E-state index contributed by atoms with van der Waals surface area (Å²) < 4.78 is 0. The van der Waals surface area contributed by atoms with Crippen LogP contribution >= 0.6 is 0 Å². The summed E-state index contributed by atoms with van der Waals surface area (Å²) in [7, 11) is 0. The van der Waals surface area contributed by atoms with E-state index in [9.17, 15) is 4.79 Å². The van der Waals surface area contributed by atoms with Crippen LogP contribution in [0, 0.1) is 17.8 Å². The molecule has 1 unspecified atom stereocenters. The van der Waals surface area contributed by atoms with Gasteiger partial charge in [-0.2, -0.15) is 0 Å². The highest BCUT2D eigenvalue weighted by molar-refractivity contribution is 5.74. The lowest BCUT2D eigenvalue weighted by Gasteiger charge is -2.37. The Labute approximate surface area is 74.7 Å². The second-order valence-corrected chi connectivity index (χ2v) is 4.20. The number of carbonyl (C=O) groups is 1. The third-order valence-electron chi connectivity index (χ3n) is 2.21. The average Bonchev–Trinajstić information content (AvgIpc) is 1.83. The molecule has 0 radical (unpaired) electrons. The van der Waals surface area contributed by atoms with E-state index in [1.54, 1.807) is 0 Å². The van der Waals surface area contributed by atoms with Gasteiger partial charge in [0, 0.05) is 6.92 Å². The van der Waals surface area contributed by atoms with Gasteiger partial charge < -0.3 is 5.32 Å². The van der Waals surface area contributed by atoms with Gasteiger partial charge in [-0.15, -0.1) is 6.42 Å². The Morgan fingerprint density at radius 1 is 1.33 bits per heavy atom. The normalized spacial score (nSPS) is 16.0. The molecule has 0 spiro atoms. The molecule has 0 saturated heterocycles. The highest BCUT2D eigenvalue weighted by Gasteiger charge is 2.36. The van der Waals surface area contributed by atoms with Gasteiger partial charge in [-0.1, -0.05) is 26.7 Å². The van der Waals surface area contributed by atoms with Crippen molar-refractivity contribution in [3.05, 3.63) is 0 Å². The van der Waals surface area contributed by atoms with E-state index >= 15 is 0 Å². The van der Waals surface area contributed by atoms with Gasteiger partial charge in [-0.05, 0) is 12.3 Å². The Balaban J connectivity index is 4.72. The van der Waals surface area contributed by atoms with E-state index in [0.717, 1.165) is 0 Å². The molecule has 0 aromatic rings. The number of hydrogen-bond acceptors (Lipinski definition) is 1. The number of rotatable bonds is 1. The molecule has 1 atom stereocenters. The van der Waals surface area contributed by atoms with Gasteiger partial charge in [-0.3, -0.25) is 4.79 Å². The van der Waals surface area contributed by atoms with Crippen LogP contribution in [0.1, 0.15) is 34.6 Å². The molecule has 0 aromatic carbocycles. The summed E-state index contributed by atoms with van der Waals surface area (Å²) >= 11 is 0. The molecule has 68 valence electrons. The zero-order chi connectivity index (χ0) is 9.99. The Morgan fingerprint density at radius 2 is 1.75 bits per heavy atom. The topological polar surface area (TPSA) is 29.1 Å². The molecular weight excluding hydrogens is 150 g/mol. The highest BCUT2D eigenvalue weighted by Crippen LogP contribution is 2.29. The summed E-state index contributed by atoms with van der Waals surface area (Å²) in [6, 6.07) is 0. The molecule has 1 amide bonds. The van der Waals surface area contributed by atoms with Crippen molar-refractivity contribution >= 4 is 5.91 Å². The third kappa shape index (κ3) is 2.27. The van der Waals surface area contributed by atoms with Crippen LogP contribution in [-0.2, 0) is 4.79 Å². The smallest absolute Gasteiger partial charge is 0.218 e. The molecule has 0 bridgehead atoms. The van der Waals surface area contributed by atoms with E-state index in [4.69, 9.17) is 6.42 Å². The average molecular weight is 167 g/mol. The zero-order valence-electron chi connectivity index (χ0n) is 8.49. The van der Waals surface area contributed by atoms with Crippen molar-refractivity contribution < 1.29 is 4.79 Å². The molecule has 0 aromatic heterocycles. The summed E-state index contributed by atoms with van der Waals surface area (Å²) in [5.41, 5.74) is -0.702. The van der Waals surface area contributed by atoms with Gasteiger partial charge >= 0.3 is 0 Å². The minimum absolute atomic E-state index is 0.0922. The van der Waals surface area contributed by atoms with Gasteiger partial charge in [0.25, 0.3) is 0 Å². The molecule has 2 heteroatoms. The van der Waals surface area contributed by atoms with E-state index in [-0.39, 0.29) is 11.3 Å². The van der Waals surface area contributed by atoms with Gasteiger partial charge in [0.1, 0.15) is 5.54 Å². The van der Waals surface area contributed by atoms with Crippen molar-refractivity contribution in [1.29, 1.82) is 0 Å². The Kier molecular flexibility index (Phi) is 2.93. The largest absolute Gasteiger partial charge is 0.340 e. The molecule has 0 saturated carbocycles. The van der Waals surface area contributed by atoms with E-state index < -0.39 is 5.54 Å². The molecule has 0 aliphatic heterocycles. The molecule has 0 heterocycles. The number of terminal acetylenes is 1. The van der Waals surface area contributed by atoms with Crippen LogP contribution in [0.4, 0.5) is 0 Å². The summed E-state index contributed by atoms with van der Waals surface area (Å²) in [6.07, 6.45) is 5.38. The monoisotopic (exact) mass is 167 g/mol. The number of nitrogens with one attached hydrogen (secondary N) is 1. The Bertz CT molecular complexity index is 219. The SMILES string of the molecule is C#CC(C)(NC(C)=O)C(C)(C)C. The van der Waals surface area contributed by atoms with E-state index in [2.05, 4.69) is 11.2 Å². The molecule has 0 aliphatic carbocycles. The van der Waals surface area contributed by atoms with E-state index in [1.165, 1.54) is 6.92 Å². The van der Waals surface area contributed by atoms with Crippen LogP contribution in [0.2, 0.25) is 0 Å². The lowest BCUT2D eigenvalue weighted by molar-refractivity contribution is -0.121. The van der Waals surface area contributed by atoms with E-state index in [1.807, 2.05) is 27.7 Å². The molecule has 0 aliphatic rings. The Morgan fingerprint density at radius 3 is 1.83 bits per heavy atom. The van der Waals surface area contributed by atoms with Gasteiger partial charge in [0.05, 0.1) is 0 Å². The summed E-state index contributed by atoms with van der Waals surface area (Å²) in [4.78, 5) is 10.9. The maximum atomic E-state index is 10.9. The lowest BCUT2D eigenvalue weighted by Crippen LogP contribution is -2.53. The van der Waals surface area contributed by atoms with Gasteiger partial charge in [-0.25, -0.2) is 0 Å². The van der Waals surface area contributed by atoms with Crippen molar-refractivity contribution in [3.8, 4) is 12.3 Å². The molecule has 1 N–H and O–H groups in total. The summed E-state index contributed by atoms with van der Waals surface area (Å²) in [6.45, 7) is 9.34. The minimum atomic E-state index is -0.571. The first-order chi connectivity index (χ1) is 5.23. The molecule has 0 fully saturated rings. The standard InChI is InChI=1S/C10H17NO/c1-7-10(6,9(3,4)5)11-8(2)12/h1H,2-6H3,(H,11,12). The van der Waals surface area contributed by atoms with Crippen molar-refractivity contribution in [2.75, 3.05) is 0 Å². The van der Waals surface area contributed by atoms with Crippen LogP contribution in [0.25, 0.3) is 0 Å². The zero-order valence-corrected chi connectivity index (χ0v) is 8.49. The minimum Gasteiger partial charge on any atom is -0.340 e. The first-order valence-corrected chi connectivity index (χ1v) is 3.99. The van der Waals surface area contributed by atoms with Crippen LogP contribution in [0.3, 0.4) is 0 Å². The second-order valence-electron chi connectivity index (χ2n) is 4.20. The van der Waals surface area contributed by atoms with Crippen LogP contribution < -0.4 is 5.32 Å². The van der Waals surface area contributed by atoms with E-state index in [0.29, 0.717) is 0 Å². The van der Waals surface area contributed by atoms with Crippen LogP contribution in [-0.4, -0.2) is 11.4 Å². The fourth-order valence-corrected chi connectivity index (χ4v) is 0.792. The van der Waals surface area contributed by atoms with Crippen LogP contribution in [0.5, 0.6) is 0 Å². The molecule has 0 rings (SSSR count). The lowest BCUT2D eigenvalue weighted by atomic mass is 9.75. The predicted octanol–water partition coefficient (Wildman–Crippen LogP) is 1.56. The number of carbonyl (C=O) groups excluding carboxylic acids is 1. The maximum Gasteiger partial charge on any atom is 0.218 e. The van der Waals surface area contributed by atoms with Crippen molar-refractivity contribution in [2.45, 2.75) is 40.2 Å². The third-order valence-corrected chi connectivity index (χ3v) is 2.21. The Hall–Kier alpha value is -0.970. The summed E-state index contributed by atoms with van der Waals surface area (Å²) in [5, 5.41) is 2.77. The maximum absolute atomic E-state index is 10.9. The highest BCUT2D eigenvalue weighted by atomic mass is 16.1. The molecular formula is C10H17NO. The predicted molar refractivity (Wildman–Crippen MR) is 50.5 cm³/mol. The number of amides is 1. The van der Waals surface area contributed by atoms with Crippen LogP contribution in [0.15, 0.2) is 0 Å². The molecule has 2 nitrogen and oxygen atoms in total. The van der Waals surface area contributed by atoms with Crippen molar-refractivity contribution in [2.24, 2.45) is 5.41 Å². The van der Waals surface area contributed by atoms with Crippen molar-refractivity contribution in [3.63, 3.8) is 0 Å². The number of hydrogen-bond donors (Lipinski definition) is 1. The first-order valence-electron chi connectivity index (χ1n) is 3.99. The summed E-state index contributed by atoms with van der Waals surface area (Å²) in [5.74, 6) is 2.53. The fourth-order valence-electron chi connectivity index (χ4n) is 0.792. The van der Waals surface area contributed by atoms with Gasteiger partial charge in [0.2, 0.25) is 5.91 Å². The second kappa shape index (κ2) is 3.18. The van der Waals surface area contributed by atoms with Gasteiger partial charge in [0.15, 0.2) is 0 Å². The van der Waals surface area contributed by atoms with Crippen molar-refractivity contribution in [1.82, 2.24) is 5.32 Å².